The molecule has 1 aromatic heterocycles. The van der Waals surface area contributed by atoms with Crippen molar-refractivity contribution < 1.29 is 14.3 Å². The molecule has 0 fully saturated rings. The molecule has 160 valence electrons. The minimum atomic E-state index is -0.314. The van der Waals surface area contributed by atoms with Crippen molar-refractivity contribution in [1.82, 2.24) is 9.78 Å². The minimum Gasteiger partial charge on any atom is -0.494 e. The van der Waals surface area contributed by atoms with E-state index in [1.165, 1.54) is 6.08 Å². The van der Waals surface area contributed by atoms with Crippen molar-refractivity contribution in [2.45, 2.75) is 13.8 Å². The predicted molar refractivity (Wildman–Crippen MR) is 123 cm³/mol. The van der Waals surface area contributed by atoms with Crippen LogP contribution in [0.15, 0.2) is 54.6 Å². The number of nitrogens with zero attached hydrogens (tertiary/aromatic N) is 2. The molecular formula is C23H23ClN4O3. The first-order valence-corrected chi connectivity index (χ1v) is 10.1. The summed E-state index contributed by atoms with van der Waals surface area (Å²) in [4.78, 5) is 24.6. The van der Waals surface area contributed by atoms with Crippen molar-refractivity contribution >= 4 is 40.9 Å². The highest BCUT2D eigenvalue weighted by Gasteiger charge is 2.09. The molecule has 0 radical (unpaired) electrons. The molecule has 0 aliphatic heterocycles. The van der Waals surface area contributed by atoms with Gasteiger partial charge in [-0.2, -0.15) is 5.10 Å². The first-order chi connectivity index (χ1) is 14.9. The van der Waals surface area contributed by atoms with Crippen LogP contribution < -0.4 is 15.4 Å². The zero-order valence-electron chi connectivity index (χ0n) is 17.5. The van der Waals surface area contributed by atoms with Crippen molar-refractivity contribution in [3.8, 4) is 5.75 Å². The van der Waals surface area contributed by atoms with Crippen molar-refractivity contribution in [2.24, 2.45) is 7.05 Å². The third kappa shape index (κ3) is 5.73. The maximum Gasteiger partial charge on any atom is 0.255 e. The second-order valence-electron chi connectivity index (χ2n) is 6.72. The van der Waals surface area contributed by atoms with Gasteiger partial charge < -0.3 is 15.4 Å². The van der Waals surface area contributed by atoms with Gasteiger partial charge in [-0.1, -0.05) is 11.6 Å². The van der Waals surface area contributed by atoms with E-state index in [0.717, 1.165) is 11.4 Å². The van der Waals surface area contributed by atoms with E-state index in [-0.39, 0.29) is 11.8 Å². The summed E-state index contributed by atoms with van der Waals surface area (Å²) in [5.74, 6) is 0.185. The van der Waals surface area contributed by atoms with E-state index >= 15 is 0 Å². The summed E-state index contributed by atoms with van der Waals surface area (Å²) in [5.41, 5.74) is 3.14. The molecular weight excluding hydrogens is 416 g/mol. The Hall–Kier alpha value is -3.58. The third-order valence-electron chi connectivity index (χ3n) is 4.44. The number of ether oxygens (including phenoxy) is 1. The Morgan fingerprint density at radius 3 is 2.26 bits per heavy atom. The second-order valence-corrected chi connectivity index (χ2v) is 7.08. The van der Waals surface area contributed by atoms with Gasteiger partial charge in [0.1, 0.15) is 10.9 Å². The molecule has 2 N–H and O–H groups in total. The number of aromatic nitrogens is 2. The predicted octanol–water partition coefficient (Wildman–Crippen LogP) is 4.68. The molecule has 0 unspecified atom stereocenters. The van der Waals surface area contributed by atoms with E-state index in [4.69, 9.17) is 16.3 Å². The van der Waals surface area contributed by atoms with Gasteiger partial charge in [0.2, 0.25) is 5.91 Å². The summed E-state index contributed by atoms with van der Waals surface area (Å²) in [6.07, 6.45) is 3.01. The number of aryl methyl sites for hydroxylation is 2. The lowest BCUT2D eigenvalue weighted by molar-refractivity contribution is -0.111. The van der Waals surface area contributed by atoms with Crippen LogP contribution in [0.3, 0.4) is 0 Å². The maximum absolute atomic E-state index is 12.4. The van der Waals surface area contributed by atoms with E-state index in [1.807, 2.05) is 13.8 Å². The van der Waals surface area contributed by atoms with Crippen LogP contribution in [-0.2, 0) is 11.8 Å². The SMILES string of the molecule is CCOc1ccc(NC(=O)c2ccc(NC(=O)/C=C/c3c(C)nn(C)c3Cl)cc2)cc1. The van der Waals surface area contributed by atoms with Crippen LogP contribution in [0.5, 0.6) is 5.75 Å². The highest BCUT2D eigenvalue weighted by atomic mass is 35.5. The molecule has 0 aliphatic carbocycles. The van der Waals surface area contributed by atoms with Crippen molar-refractivity contribution in [1.29, 1.82) is 0 Å². The van der Waals surface area contributed by atoms with Gasteiger partial charge in [-0.25, -0.2) is 0 Å². The lowest BCUT2D eigenvalue weighted by Crippen LogP contribution is -2.12. The van der Waals surface area contributed by atoms with E-state index in [0.29, 0.717) is 34.3 Å². The Bertz CT molecular complexity index is 1100. The van der Waals surface area contributed by atoms with Gasteiger partial charge in [-0.3, -0.25) is 14.3 Å². The highest BCUT2D eigenvalue weighted by molar-refractivity contribution is 6.31. The van der Waals surface area contributed by atoms with E-state index < -0.39 is 0 Å². The summed E-state index contributed by atoms with van der Waals surface area (Å²) in [6.45, 7) is 4.32. The number of hydrogen-bond acceptors (Lipinski definition) is 4. The Morgan fingerprint density at radius 1 is 1.06 bits per heavy atom. The number of carbonyl (C=O) groups excluding carboxylic acids is 2. The molecule has 0 bridgehead atoms. The molecule has 0 saturated carbocycles. The number of rotatable bonds is 7. The zero-order valence-corrected chi connectivity index (χ0v) is 18.2. The van der Waals surface area contributed by atoms with E-state index in [1.54, 1.807) is 66.3 Å². The highest BCUT2D eigenvalue weighted by Crippen LogP contribution is 2.20. The van der Waals surface area contributed by atoms with Gasteiger partial charge in [0.25, 0.3) is 5.91 Å². The first kappa shape index (κ1) is 22.1. The lowest BCUT2D eigenvalue weighted by Gasteiger charge is -2.08. The fraction of sp³-hybridized carbons (Fsp3) is 0.174. The second kappa shape index (κ2) is 9.95. The van der Waals surface area contributed by atoms with Crippen molar-refractivity contribution in [2.75, 3.05) is 17.2 Å². The summed E-state index contributed by atoms with van der Waals surface area (Å²) < 4.78 is 6.93. The molecule has 0 spiro atoms. The van der Waals surface area contributed by atoms with E-state index in [2.05, 4.69) is 15.7 Å². The van der Waals surface area contributed by atoms with Gasteiger partial charge in [-0.05, 0) is 68.5 Å². The smallest absolute Gasteiger partial charge is 0.255 e. The Labute approximate surface area is 185 Å². The normalized spacial score (nSPS) is 10.8. The van der Waals surface area contributed by atoms with Gasteiger partial charge in [0.05, 0.1) is 12.3 Å². The molecule has 1 heterocycles. The molecule has 2 aromatic carbocycles. The molecule has 2 amide bonds. The van der Waals surface area contributed by atoms with Crippen LogP contribution in [-0.4, -0.2) is 28.2 Å². The quantitative estimate of drug-likeness (QED) is 0.524. The molecule has 3 rings (SSSR count). The zero-order chi connectivity index (χ0) is 22.4. The number of nitrogens with one attached hydrogen (secondary N) is 2. The molecule has 0 saturated heterocycles. The number of anilines is 2. The van der Waals surface area contributed by atoms with Crippen LogP contribution in [0.25, 0.3) is 6.08 Å². The molecule has 31 heavy (non-hydrogen) atoms. The van der Waals surface area contributed by atoms with Crippen LogP contribution >= 0.6 is 11.6 Å². The topological polar surface area (TPSA) is 85.2 Å². The van der Waals surface area contributed by atoms with Gasteiger partial charge in [0, 0.05) is 35.6 Å². The summed E-state index contributed by atoms with van der Waals surface area (Å²) in [6, 6.07) is 13.8. The summed E-state index contributed by atoms with van der Waals surface area (Å²) >= 11 is 6.16. The number of halogens is 1. The maximum atomic E-state index is 12.4. The van der Waals surface area contributed by atoms with Crippen LogP contribution in [0.1, 0.15) is 28.5 Å². The van der Waals surface area contributed by atoms with Gasteiger partial charge in [0.15, 0.2) is 0 Å². The average Bonchev–Trinajstić information content (AvgIpc) is 2.99. The number of hydrogen-bond donors (Lipinski definition) is 2. The number of benzene rings is 2. The monoisotopic (exact) mass is 438 g/mol. The molecule has 0 aliphatic rings. The summed E-state index contributed by atoms with van der Waals surface area (Å²) in [5, 5.41) is 10.2. The Balaban J connectivity index is 1.58. The molecule has 3 aromatic rings. The number of amides is 2. The largest absolute Gasteiger partial charge is 0.494 e. The van der Waals surface area contributed by atoms with Crippen molar-refractivity contribution in [3.63, 3.8) is 0 Å². The third-order valence-corrected chi connectivity index (χ3v) is 4.88. The molecule has 0 atom stereocenters. The minimum absolute atomic E-state index is 0.247. The average molecular weight is 439 g/mol. The fourth-order valence-electron chi connectivity index (χ4n) is 2.89. The van der Waals surface area contributed by atoms with E-state index in [9.17, 15) is 9.59 Å². The van der Waals surface area contributed by atoms with Gasteiger partial charge >= 0.3 is 0 Å². The lowest BCUT2D eigenvalue weighted by atomic mass is 10.2. The Kier molecular flexibility index (Phi) is 7.10. The fourth-order valence-corrected chi connectivity index (χ4v) is 3.13. The number of carbonyl (C=O) groups is 2. The molecule has 8 heteroatoms. The van der Waals surface area contributed by atoms with Crippen molar-refractivity contribution in [3.05, 3.63) is 76.6 Å². The van der Waals surface area contributed by atoms with Gasteiger partial charge in [-0.15, -0.1) is 0 Å². The van der Waals surface area contributed by atoms with Crippen LogP contribution in [0.4, 0.5) is 11.4 Å². The van der Waals surface area contributed by atoms with Crippen LogP contribution in [0, 0.1) is 6.92 Å². The Morgan fingerprint density at radius 2 is 1.68 bits per heavy atom. The first-order valence-electron chi connectivity index (χ1n) is 9.69. The standard InChI is InChI=1S/C23H23ClN4O3/c1-4-31-19-11-9-18(10-12-19)26-23(30)16-5-7-17(8-6-16)25-21(29)14-13-20-15(2)27-28(3)22(20)24/h5-14H,4H2,1-3H3,(H,25,29)(H,26,30)/b14-13+. The van der Waals surface area contributed by atoms with Crippen LogP contribution in [0.2, 0.25) is 5.15 Å². The summed E-state index contributed by atoms with van der Waals surface area (Å²) in [7, 11) is 1.74. The molecule has 7 nitrogen and oxygen atoms in total.